The van der Waals surface area contributed by atoms with Gasteiger partial charge in [0.2, 0.25) is 0 Å². The minimum absolute atomic E-state index is 0.127. The van der Waals surface area contributed by atoms with E-state index in [2.05, 4.69) is 71.2 Å². The Bertz CT molecular complexity index is 903. The topological polar surface area (TPSA) is 49.2 Å². The van der Waals surface area contributed by atoms with Crippen LogP contribution in [0.1, 0.15) is 55.0 Å². The maximum atomic E-state index is 4.97. The Hall–Kier alpha value is -2.02. The zero-order valence-electron chi connectivity index (χ0n) is 19.1. The summed E-state index contributed by atoms with van der Waals surface area (Å²) >= 11 is 0. The van der Waals surface area contributed by atoms with Crippen molar-refractivity contribution in [3.8, 4) is 0 Å². The third kappa shape index (κ3) is 3.61. The summed E-state index contributed by atoms with van der Waals surface area (Å²) in [5.41, 5.74) is 3.97. The molecule has 0 bridgehead atoms. The predicted octanol–water partition coefficient (Wildman–Crippen LogP) is 3.27. The van der Waals surface area contributed by atoms with Gasteiger partial charge in [0.1, 0.15) is 11.5 Å². The number of imidazole rings is 1. The smallest absolute Gasteiger partial charge is 0.134 e. The fourth-order valence-corrected chi connectivity index (χ4v) is 5.19. The van der Waals surface area contributed by atoms with Crippen molar-refractivity contribution in [2.24, 2.45) is 5.92 Å². The van der Waals surface area contributed by atoms with Crippen molar-refractivity contribution in [2.75, 3.05) is 34.7 Å². The molecule has 1 saturated carbocycles. The number of aromatic nitrogens is 3. The van der Waals surface area contributed by atoms with E-state index in [0.29, 0.717) is 12.0 Å². The van der Waals surface area contributed by atoms with Gasteiger partial charge in [0.25, 0.3) is 0 Å². The number of aryl methyl sites for hydroxylation is 1. The first-order valence-corrected chi connectivity index (χ1v) is 11.3. The summed E-state index contributed by atoms with van der Waals surface area (Å²) in [5.74, 6) is 1.73. The molecule has 5 rings (SSSR count). The van der Waals surface area contributed by atoms with E-state index in [1.807, 2.05) is 20.3 Å². The minimum atomic E-state index is 0.127. The first kappa shape index (κ1) is 21.2. The second-order valence-corrected chi connectivity index (χ2v) is 8.89. The van der Waals surface area contributed by atoms with Gasteiger partial charge in [-0.2, -0.15) is 0 Å². The number of hydrogen-bond acceptors (Lipinski definition) is 5. The van der Waals surface area contributed by atoms with Crippen molar-refractivity contribution < 1.29 is 0 Å². The molecule has 6 nitrogen and oxygen atoms in total. The van der Waals surface area contributed by atoms with Crippen molar-refractivity contribution in [3.05, 3.63) is 53.4 Å². The summed E-state index contributed by atoms with van der Waals surface area (Å²) in [4.78, 5) is 14.6. The molecule has 0 aromatic carbocycles. The number of pyridine rings is 1. The Morgan fingerprint density at radius 3 is 2.87 bits per heavy atom. The predicted molar refractivity (Wildman–Crippen MR) is 122 cm³/mol. The van der Waals surface area contributed by atoms with Gasteiger partial charge >= 0.3 is 0 Å². The number of fused-ring (bicyclic) bond motifs is 4. The summed E-state index contributed by atoms with van der Waals surface area (Å²) in [5, 5.41) is 2.75. The molecule has 6 heteroatoms. The van der Waals surface area contributed by atoms with Crippen molar-refractivity contribution >= 4 is 6.08 Å². The molecule has 2 aromatic rings. The van der Waals surface area contributed by atoms with Gasteiger partial charge in [0.05, 0.1) is 17.4 Å². The lowest BCUT2D eigenvalue weighted by atomic mass is 9.91. The van der Waals surface area contributed by atoms with Gasteiger partial charge in [-0.3, -0.25) is 14.8 Å². The van der Waals surface area contributed by atoms with E-state index in [-0.39, 0.29) is 5.66 Å². The molecule has 1 N–H and O–H groups in total. The third-order valence-electron chi connectivity index (χ3n) is 6.88. The molecule has 0 spiro atoms. The average molecular weight is 409 g/mol. The van der Waals surface area contributed by atoms with Gasteiger partial charge in [0.15, 0.2) is 0 Å². The number of rotatable bonds is 5. The largest absolute Gasteiger partial charge is 0.323 e. The number of nitrogens with one attached hydrogen (secondary N) is 1. The molecule has 0 saturated heterocycles. The summed E-state index contributed by atoms with van der Waals surface area (Å²) in [6.07, 6.45) is 13.6. The van der Waals surface area contributed by atoms with E-state index in [0.717, 1.165) is 31.0 Å². The van der Waals surface area contributed by atoms with Gasteiger partial charge in [-0.25, -0.2) is 4.98 Å². The van der Waals surface area contributed by atoms with Crippen LogP contribution in [0.4, 0.5) is 0 Å². The maximum absolute atomic E-state index is 4.97. The number of hydrogen-bond donors (Lipinski definition) is 1. The lowest BCUT2D eigenvalue weighted by Gasteiger charge is -2.32. The highest BCUT2D eigenvalue weighted by Crippen LogP contribution is 2.56. The molecule has 2 aliphatic carbocycles. The zero-order chi connectivity index (χ0) is 21.3. The van der Waals surface area contributed by atoms with E-state index in [1.54, 1.807) is 0 Å². The van der Waals surface area contributed by atoms with Crippen LogP contribution in [0, 0.1) is 5.92 Å². The van der Waals surface area contributed by atoms with Gasteiger partial charge in [-0.05, 0) is 78.1 Å². The Morgan fingerprint density at radius 2 is 2.10 bits per heavy atom. The van der Waals surface area contributed by atoms with Crippen LogP contribution >= 0.6 is 0 Å². The molecule has 162 valence electrons. The second kappa shape index (κ2) is 8.61. The fraction of sp³-hybridized carbons (Fsp3) is 0.583. The maximum Gasteiger partial charge on any atom is 0.134 e. The molecule has 0 amide bonds. The first-order valence-electron chi connectivity index (χ1n) is 11.3. The van der Waals surface area contributed by atoms with Crippen LogP contribution in [0.2, 0.25) is 0 Å². The Balaban J connectivity index is 0.000000687. The summed E-state index contributed by atoms with van der Waals surface area (Å²) in [7, 11) is 8.20. The summed E-state index contributed by atoms with van der Waals surface area (Å²) < 4.78 is 2.43. The molecule has 3 atom stereocenters. The molecule has 2 unspecified atom stereocenters. The molecule has 1 aliphatic heterocycles. The number of nitrogens with zero attached hydrogens (tertiary/aromatic N) is 5. The van der Waals surface area contributed by atoms with Crippen molar-refractivity contribution in [1.29, 1.82) is 0 Å². The standard InChI is InChI=1S/C22H29N5.C2H7N/c1-4-26(3)22-13-17(22)10-11-20-24-18(15-27(20)22)14-25(2)19-9-5-7-16-8-6-12-23-21(16)19;1-3-2/h6,8,10-12,15,17,19H,4-5,7,9,13-14H2,1-3H3;3H,1-2H3/t17?,19-,22?;/m0./s1. The molecule has 0 radical (unpaired) electrons. The van der Waals surface area contributed by atoms with E-state index in [4.69, 9.17) is 9.97 Å². The quantitative estimate of drug-likeness (QED) is 0.823. The van der Waals surface area contributed by atoms with Gasteiger partial charge < -0.3 is 9.88 Å². The average Bonchev–Trinajstić information content (AvgIpc) is 3.38. The lowest BCUT2D eigenvalue weighted by molar-refractivity contribution is 0.143. The highest BCUT2D eigenvalue weighted by molar-refractivity contribution is 5.49. The van der Waals surface area contributed by atoms with Crippen LogP contribution in [-0.2, 0) is 18.6 Å². The van der Waals surface area contributed by atoms with Crippen LogP contribution in [0.25, 0.3) is 6.08 Å². The zero-order valence-corrected chi connectivity index (χ0v) is 19.1. The van der Waals surface area contributed by atoms with Crippen LogP contribution in [0.3, 0.4) is 0 Å². The lowest BCUT2D eigenvalue weighted by Crippen LogP contribution is -2.39. The Morgan fingerprint density at radius 1 is 1.30 bits per heavy atom. The Kier molecular flexibility index (Phi) is 6.09. The van der Waals surface area contributed by atoms with E-state index >= 15 is 0 Å². The minimum Gasteiger partial charge on any atom is -0.323 e. The Labute approximate surface area is 181 Å². The van der Waals surface area contributed by atoms with Crippen LogP contribution in [0.5, 0.6) is 0 Å². The molecule has 30 heavy (non-hydrogen) atoms. The summed E-state index contributed by atoms with van der Waals surface area (Å²) in [6.45, 7) is 4.16. The molecular formula is C24H36N6. The van der Waals surface area contributed by atoms with Crippen molar-refractivity contribution in [3.63, 3.8) is 0 Å². The fourth-order valence-electron chi connectivity index (χ4n) is 5.19. The van der Waals surface area contributed by atoms with Crippen LogP contribution < -0.4 is 5.32 Å². The summed E-state index contributed by atoms with van der Waals surface area (Å²) in [6, 6.07) is 4.69. The van der Waals surface area contributed by atoms with Crippen molar-refractivity contribution in [2.45, 2.75) is 50.9 Å². The van der Waals surface area contributed by atoms with Crippen LogP contribution in [-0.4, -0.2) is 59.1 Å². The monoisotopic (exact) mass is 408 g/mol. The van der Waals surface area contributed by atoms with Gasteiger partial charge in [-0.15, -0.1) is 0 Å². The third-order valence-corrected chi connectivity index (χ3v) is 6.88. The van der Waals surface area contributed by atoms with E-state index in [1.165, 1.54) is 30.5 Å². The molecule has 3 aliphatic rings. The highest BCUT2D eigenvalue weighted by Gasteiger charge is 2.59. The van der Waals surface area contributed by atoms with E-state index < -0.39 is 0 Å². The van der Waals surface area contributed by atoms with Gasteiger partial charge in [-0.1, -0.05) is 19.1 Å². The molecular weight excluding hydrogens is 372 g/mol. The molecule has 3 heterocycles. The SMILES string of the molecule is CCN(C)C12CC1C=Cc1nc(CN(C)[C@H]3CCCc4cccnc43)cn12.CNC. The molecule has 2 aromatic heterocycles. The van der Waals surface area contributed by atoms with E-state index in [9.17, 15) is 0 Å². The first-order chi connectivity index (χ1) is 14.5. The molecule has 1 fully saturated rings. The second-order valence-electron chi connectivity index (χ2n) is 8.89. The van der Waals surface area contributed by atoms with Crippen LogP contribution in [0.15, 0.2) is 30.6 Å². The van der Waals surface area contributed by atoms with Gasteiger partial charge in [0, 0.05) is 24.9 Å². The normalized spacial score (nSPS) is 26.0. The van der Waals surface area contributed by atoms with Crippen molar-refractivity contribution in [1.82, 2.24) is 29.7 Å². The highest BCUT2D eigenvalue weighted by atomic mass is 15.4.